The topological polar surface area (TPSA) is 85.4 Å². The number of ether oxygens (including phenoxy) is 1. The number of halogens is 1. The normalized spacial score (nSPS) is 17.9. The minimum atomic E-state index is -0.651. The van der Waals surface area contributed by atoms with Gasteiger partial charge in [0.05, 0.1) is 18.6 Å². The summed E-state index contributed by atoms with van der Waals surface area (Å²) in [6.45, 7) is 9.28. The molecule has 2 fully saturated rings. The number of esters is 1. The molecule has 2 heterocycles. The molecule has 214 valence electrons. The van der Waals surface area contributed by atoms with Crippen molar-refractivity contribution in [3.8, 4) is 0 Å². The van der Waals surface area contributed by atoms with Crippen LogP contribution in [0.1, 0.15) is 37.0 Å². The van der Waals surface area contributed by atoms with Crippen LogP contribution in [0.4, 0.5) is 15.8 Å². The molecule has 1 atom stereocenters. The number of carbonyl (C=O) groups is 3. The van der Waals surface area contributed by atoms with Crippen molar-refractivity contribution in [2.45, 2.75) is 32.7 Å². The van der Waals surface area contributed by atoms with Gasteiger partial charge in [0.2, 0.25) is 5.91 Å². The number of piperazine rings is 1. The number of anilines is 2. The Morgan fingerprint density at radius 2 is 1.68 bits per heavy atom. The van der Waals surface area contributed by atoms with Crippen molar-refractivity contribution in [2.24, 2.45) is 0 Å². The predicted molar refractivity (Wildman–Crippen MR) is 156 cm³/mol. The second-order valence-corrected chi connectivity index (χ2v) is 10.1. The number of nitrogens with one attached hydrogen (secondary N) is 1. The smallest absolute Gasteiger partial charge is 0.338 e. The number of likely N-dealkylation sites (N-methyl/N-ethyl adjacent to an activating group) is 1. The van der Waals surface area contributed by atoms with Crippen LogP contribution in [-0.4, -0.2) is 96.1 Å². The molecule has 2 aromatic carbocycles. The predicted octanol–water partition coefficient (Wildman–Crippen LogP) is 3.36. The molecule has 2 saturated heterocycles. The fraction of sp³-hybridized carbons (Fsp3) is 0.448. The number of rotatable bonds is 11. The van der Waals surface area contributed by atoms with Gasteiger partial charge in [0.1, 0.15) is 11.9 Å². The minimum absolute atomic E-state index is 0.0224. The molecule has 2 aliphatic heterocycles. The molecule has 0 radical (unpaired) electrons. The van der Waals surface area contributed by atoms with E-state index in [-0.39, 0.29) is 30.7 Å². The van der Waals surface area contributed by atoms with Gasteiger partial charge in [-0.25, -0.2) is 9.18 Å². The second-order valence-electron chi connectivity index (χ2n) is 9.78. The van der Waals surface area contributed by atoms with Crippen LogP contribution in [0.25, 0.3) is 0 Å². The van der Waals surface area contributed by atoms with Crippen molar-refractivity contribution in [3.05, 3.63) is 59.9 Å². The van der Waals surface area contributed by atoms with Crippen molar-refractivity contribution in [3.63, 3.8) is 0 Å². The first-order valence-electron chi connectivity index (χ1n) is 13.7. The lowest BCUT2D eigenvalue weighted by Gasteiger charge is -2.36. The first kappa shape index (κ1) is 29.4. The van der Waals surface area contributed by atoms with E-state index in [0.717, 1.165) is 44.8 Å². The fourth-order valence-electron chi connectivity index (χ4n) is 5.07. The Morgan fingerprint density at radius 1 is 1.00 bits per heavy atom. The van der Waals surface area contributed by atoms with Gasteiger partial charge in [-0.3, -0.25) is 19.4 Å². The highest BCUT2D eigenvalue weighted by Gasteiger charge is 2.42. The molecule has 2 amide bonds. The summed E-state index contributed by atoms with van der Waals surface area (Å²) in [6, 6.07) is 12.4. The average molecular weight is 570 g/mol. The van der Waals surface area contributed by atoms with Gasteiger partial charge in [0, 0.05) is 50.6 Å². The molecular formula is C29H36FN5O4S. The summed E-state index contributed by atoms with van der Waals surface area (Å²) in [5.74, 6) is -1.11. The van der Waals surface area contributed by atoms with E-state index in [1.807, 2.05) is 24.0 Å². The van der Waals surface area contributed by atoms with E-state index in [0.29, 0.717) is 29.5 Å². The zero-order valence-electron chi connectivity index (χ0n) is 23.0. The van der Waals surface area contributed by atoms with Crippen LogP contribution < -0.4 is 10.2 Å². The number of benzene rings is 2. The third kappa shape index (κ3) is 7.14. The van der Waals surface area contributed by atoms with Crippen LogP contribution >= 0.6 is 12.2 Å². The molecule has 2 aliphatic rings. The zero-order valence-corrected chi connectivity index (χ0v) is 23.8. The van der Waals surface area contributed by atoms with E-state index in [2.05, 4.69) is 15.1 Å². The Labute approximate surface area is 239 Å². The lowest BCUT2D eigenvalue weighted by atomic mass is 10.1. The van der Waals surface area contributed by atoms with Gasteiger partial charge in [0.15, 0.2) is 5.11 Å². The maximum Gasteiger partial charge on any atom is 0.338 e. The van der Waals surface area contributed by atoms with Crippen LogP contribution in [-0.2, 0) is 14.3 Å². The van der Waals surface area contributed by atoms with Crippen molar-refractivity contribution < 1.29 is 23.5 Å². The minimum Gasteiger partial charge on any atom is -0.462 e. The summed E-state index contributed by atoms with van der Waals surface area (Å²) >= 11 is 5.62. The van der Waals surface area contributed by atoms with Crippen LogP contribution in [0.5, 0.6) is 0 Å². The molecule has 2 aromatic rings. The molecule has 1 N–H and O–H groups in total. The molecule has 0 aromatic heterocycles. The Hall–Kier alpha value is -3.57. The molecule has 9 nitrogen and oxygen atoms in total. The molecule has 0 unspecified atom stereocenters. The third-order valence-corrected chi connectivity index (χ3v) is 7.67. The van der Waals surface area contributed by atoms with Crippen LogP contribution in [0, 0.1) is 5.82 Å². The van der Waals surface area contributed by atoms with Crippen LogP contribution in [0.2, 0.25) is 0 Å². The molecule has 40 heavy (non-hydrogen) atoms. The van der Waals surface area contributed by atoms with Crippen molar-refractivity contribution in [2.75, 3.05) is 62.6 Å². The lowest BCUT2D eigenvalue weighted by molar-refractivity contribution is -0.130. The highest BCUT2D eigenvalue weighted by molar-refractivity contribution is 7.80. The van der Waals surface area contributed by atoms with Gasteiger partial charge in [-0.1, -0.05) is 0 Å². The monoisotopic (exact) mass is 569 g/mol. The van der Waals surface area contributed by atoms with Crippen molar-refractivity contribution in [1.82, 2.24) is 14.7 Å². The standard InChI is InChI=1S/C29H36FN5O4S/c1-3-34-27(37)25(20-26(36)31-23-10-6-21(7-11-23)28(38)39-4-2)35(29(34)40)15-5-14-32-16-18-33(19-17-32)24-12-8-22(30)9-13-24/h6-13,25H,3-5,14-20H2,1-2H3,(H,31,36)/t25-/m0/s1. The highest BCUT2D eigenvalue weighted by Crippen LogP contribution is 2.23. The number of hydrogen-bond acceptors (Lipinski definition) is 7. The molecule has 4 rings (SSSR count). The van der Waals surface area contributed by atoms with E-state index in [4.69, 9.17) is 17.0 Å². The van der Waals surface area contributed by atoms with Gasteiger partial charge in [-0.2, -0.15) is 0 Å². The Bertz CT molecular complexity index is 1200. The van der Waals surface area contributed by atoms with Crippen LogP contribution in [0.15, 0.2) is 48.5 Å². The summed E-state index contributed by atoms with van der Waals surface area (Å²) in [4.78, 5) is 45.9. The maximum absolute atomic E-state index is 13.2. The zero-order chi connectivity index (χ0) is 28.6. The van der Waals surface area contributed by atoms with Gasteiger partial charge in [-0.15, -0.1) is 0 Å². The summed E-state index contributed by atoms with van der Waals surface area (Å²) < 4.78 is 18.2. The summed E-state index contributed by atoms with van der Waals surface area (Å²) in [7, 11) is 0. The highest BCUT2D eigenvalue weighted by atomic mass is 32.1. The summed E-state index contributed by atoms with van der Waals surface area (Å²) in [6.07, 6.45) is 0.778. The largest absolute Gasteiger partial charge is 0.462 e. The van der Waals surface area contributed by atoms with E-state index < -0.39 is 12.0 Å². The average Bonchev–Trinajstić information content (AvgIpc) is 3.17. The van der Waals surface area contributed by atoms with Gasteiger partial charge in [-0.05, 0) is 87.6 Å². The molecule has 0 saturated carbocycles. The summed E-state index contributed by atoms with van der Waals surface area (Å²) in [5, 5.41) is 3.28. The molecule has 0 aliphatic carbocycles. The molecule has 0 spiro atoms. The first-order valence-corrected chi connectivity index (χ1v) is 14.1. The Kier molecular flexibility index (Phi) is 10.1. The Morgan fingerprint density at radius 3 is 2.30 bits per heavy atom. The van der Waals surface area contributed by atoms with E-state index in [1.54, 1.807) is 36.1 Å². The van der Waals surface area contributed by atoms with Crippen LogP contribution in [0.3, 0.4) is 0 Å². The van der Waals surface area contributed by atoms with E-state index >= 15 is 0 Å². The SMILES string of the molecule is CCOC(=O)c1ccc(NC(=O)C[C@H]2C(=O)N(CC)C(=S)N2CCCN2CCN(c3ccc(F)cc3)CC2)cc1. The number of amides is 2. The summed E-state index contributed by atoms with van der Waals surface area (Å²) in [5.41, 5.74) is 1.96. The first-order chi connectivity index (χ1) is 19.3. The third-order valence-electron chi connectivity index (χ3n) is 7.22. The fourth-order valence-corrected chi connectivity index (χ4v) is 5.51. The second kappa shape index (κ2) is 13.7. The quantitative estimate of drug-likeness (QED) is 0.326. The maximum atomic E-state index is 13.2. The van der Waals surface area contributed by atoms with E-state index in [9.17, 15) is 18.8 Å². The molecule has 11 heteroatoms. The lowest BCUT2D eigenvalue weighted by Crippen LogP contribution is -2.47. The number of nitrogens with zero attached hydrogens (tertiary/aromatic N) is 4. The number of thiocarbonyl (C=S) groups is 1. The van der Waals surface area contributed by atoms with Gasteiger partial charge in [0.25, 0.3) is 5.91 Å². The number of carbonyl (C=O) groups excluding carboxylic acids is 3. The molecular weight excluding hydrogens is 533 g/mol. The molecule has 0 bridgehead atoms. The van der Waals surface area contributed by atoms with Crippen molar-refractivity contribution in [1.29, 1.82) is 0 Å². The Balaban J connectivity index is 1.28. The van der Waals surface area contributed by atoms with Gasteiger partial charge < -0.3 is 19.9 Å². The van der Waals surface area contributed by atoms with E-state index in [1.165, 1.54) is 12.1 Å². The van der Waals surface area contributed by atoms with Gasteiger partial charge >= 0.3 is 5.97 Å². The van der Waals surface area contributed by atoms with Crippen molar-refractivity contribution >= 4 is 46.5 Å². The number of hydrogen-bond donors (Lipinski definition) is 1.